The van der Waals surface area contributed by atoms with Gasteiger partial charge in [-0.3, -0.25) is 4.79 Å². The first-order valence-electron chi connectivity index (χ1n) is 4.26. The van der Waals surface area contributed by atoms with Crippen molar-refractivity contribution in [2.45, 2.75) is 13.1 Å². The van der Waals surface area contributed by atoms with E-state index in [0.29, 0.717) is 18.7 Å². The number of nitrogens with one attached hydrogen (secondary N) is 2. The van der Waals surface area contributed by atoms with E-state index < -0.39 is 5.97 Å². The van der Waals surface area contributed by atoms with Gasteiger partial charge in [-0.25, -0.2) is 4.79 Å². The number of aromatic amines is 1. The molecule has 1 aromatic heterocycles. The van der Waals surface area contributed by atoms with Gasteiger partial charge in [0.1, 0.15) is 0 Å². The number of ether oxygens (including phenoxy) is 1. The average molecular weight is 194 g/mol. The van der Waals surface area contributed by atoms with Crippen LogP contribution in [0.3, 0.4) is 0 Å². The Labute approximate surface area is 80.1 Å². The summed E-state index contributed by atoms with van der Waals surface area (Å²) < 4.78 is 4.60. The average Bonchev–Trinajstić information content (AvgIpc) is 2.62. The number of pyridine rings is 1. The Hall–Kier alpha value is -1.62. The monoisotopic (exact) mass is 194 g/mol. The molecule has 2 rings (SSSR count). The molecule has 0 saturated heterocycles. The smallest absolute Gasteiger partial charge is 0.338 e. The Morgan fingerprint density at radius 3 is 3.00 bits per heavy atom. The molecule has 0 unspecified atom stereocenters. The summed E-state index contributed by atoms with van der Waals surface area (Å²) in [6, 6.07) is 1.28. The van der Waals surface area contributed by atoms with Crippen molar-refractivity contribution in [3.05, 3.63) is 33.2 Å². The molecular weight excluding hydrogens is 184 g/mol. The van der Waals surface area contributed by atoms with Gasteiger partial charge in [-0.15, -0.1) is 0 Å². The van der Waals surface area contributed by atoms with Gasteiger partial charge in [0.05, 0.1) is 12.7 Å². The fourth-order valence-corrected chi connectivity index (χ4v) is 1.60. The molecule has 0 atom stereocenters. The number of H-pyrrole nitrogens is 1. The standard InChI is InChI=1S/C9H10N2O3/c1-14-9(13)5-2-8(12)11-7-4-10-3-6(5)7/h2,10H,3-4H2,1H3,(H,11,12). The minimum Gasteiger partial charge on any atom is -0.465 e. The predicted molar refractivity (Wildman–Crippen MR) is 48.9 cm³/mol. The molecule has 0 aliphatic carbocycles. The Morgan fingerprint density at radius 2 is 2.29 bits per heavy atom. The zero-order valence-electron chi connectivity index (χ0n) is 7.72. The van der Waals surface area contributed by atoms with Crippen LogP contribution in [0.25, 0.3) is 0 Å². The molecule has 1 aromatic rings. The third kappa shape index (κ3) is 1.31. The second kappa shape index (κ2) is 3.26. The largest absolute Gasteiger partial charge is 0.465 e. The summed E-state index contributed by atoms with van der Waals surface area (Å²) in [6.07, 6.45) is 0. The second-order valence-electron chi connectivity index (χ2n) is 3.10. The van der Waals surface area contributed by atoms with Crippen molar-refractivity contribution >= 4 is 5.97 Å². The second-order valence-corrected chi connectivity index (χ2v) is 3.10. The number of esters is 1. The molecule has 0 saturated carbocycles. The molecular formula is C9H10N2O3. The number of rotatable bonds is 1. The Morgan fingerprint density at radius 1 is 1.50 bits per heavy atom. The molecule has 2 N–H and O–H groups in total. The zero-order valence-corrected chi connectivity index (χ0v) is 7.72. The predicted octanol–water partition coefficient (Wildman–Crippen LogP) is -0.235. The molecule has 2 heterocycles. The van der Waals surface area contributed by atoms with Crippen LogP contribution in [0, 0.1) is 0 Å². The number of methoxy groups -OCH3 is 1. The van der Waals surface area contributed by atoms with Gasteiger partial charge in [-0.05, 0) is 0 Å². The molecule has 1 aliphatic rings. The van der Waals surface area contributed by atoms with E-state index >= 15 is 0 Å². The van der Waals surface area contributed by atoms with Gasteiger partial charge < -0.3 is 15.0 Å². The fourth-order valence-electron chi connectivity index (χ4n) is 1.60. The third-order valence-electron chi connectivity index (χ3n) is 2.25. The number of hydrogen-bond donors (Lipinski definition) is 2. The lowest BCUT2D eigenvalue weighted by Crippen LogP contribution is -2.15. The van der Waals surface area contributed by atoms with Crippen LogP contribution in [0.2, 0.25) is 0 Å². The van der Waals surface area contributed by atoms with Crippen LogP contribution in [0.5, 0.6) is 0 Å². The molecule has 0 fully saturated rings. The van der Waals surface area contributed by atoms with Gasteiger partial charge in [0.2, 0.25) is 5.56 Å². The number of carbonyl (C=O) groups is 1. The summed E-state index contributed by atoms with van der Waals surface area (Å²) in [5, 5.41) is 3.06. The number of carbonyl (C=O) groups excluding carboxylic acids is 1. The van der Waals surface area contributed by atoms with Crippen LogP contribution in [0.1, 0.15) is 21.6 Å². The molecule has 0 aromatic carbocycles. The SMILES string of the molecule is COC(=O)c1cc(=O)[nH]c2c1CNC2. The summed E-state index contributed by atoms with van der Waals surface area (Å²) in [7, 11) is 1.30. The first-order valence-corrected chi connectivity index (χ1v) is 4.26. The van der Waals surface area contributed by atoms with Crippen LogP contribution >= 0.6 is 0 Å². The highest BCUT2D eigenvalue weighted by molar-refractivity contribution is 5.91. The van der Waals surface area contributed by atoms with Crippen LogP contribution in [-0.2, 0) is 17.8 Å². The highest BCUT2D eigenvalue weighted by Gasteiger charge is 2.20. The quantitative estimate of drug-likeness (QED) is 0.605. The van der Waals surface area contributed by atoms with E-state index in [4.69, 9.17) is 0 Å². The lowest BCUT2D eigenvalue weighted by Gasteiger charge is -2.04. The Kier molecular flexibility index (Phi) is 2.09. The van der Waals surface area contributed by atoms with Crippen LogP contribution in [0.15, 0.2) is 10.9 Å². The third-order valence-corrected chi connectivity index (χ3v) is 2.25. The summed E-state index contributed by atoms with van der Waals surface area (Å²) in [6.45, 7) is 1.19. The summed E-state index contributed by atoms with van der Waals surface area (Å²) in [4.78, 5) is 25.2. The lowest BCUT2D eigenvalue weighted by molar-refractivity contribution is 0.0599. The zero-order chi connectivity index (χ0) is 10.1. The summed E-state index contributed by atoms with van der Waals surface area (Å²) >= 11 is 0. The van der Waals surface area contributed by atoms with E-state index in [-0.39, 0.29) is 5.56 Å². The topological polar surface area (TPSA) is 71.2 Å². The number of fused-ring (bicyclic) bond motifs is 1. The highest BCUT2D eigenvalue weighted by Crippen LogP contribution is 2.16. The minimum absolute atomic E-state index is 0.271. The number of hydrogen-bond acceptors (Lipinski definition) is 4. The van der Waals surface area contributed by atoms with Gasteiger partial charge in [0.15, 0.2) is 0 Å². The van der Waals surface area contributed by atoms with Gasteiger partial charge in [-0.2, -0.15) is 0 Å². The lowest BCUT2D eigenvalue weighted by atomic mass is 10.1. The maximum atomic E-state index is 11.3. The van der Waals surface area contributed by atoms with Crippen molar-refractivity contribution in [3.63, 3.8) is 0 Å². The van der Waals surface area contributed by atoms with Crippen molar-refractivity contribution < 1.29 is 9.53 Å². The van der Waals surface area contributed by atoms with E-state index in [1.54, 1.807) is 0 Å². The molecule has 0 amide bonds. The number of aromatic nitrogens is 1. The normalized spacial score (nSPS) is 13.8. The highest BCUT2D eigenvalue weighted by atomic mass is 16.5. The summed E-state index contributed by atoms with van der Waals surface area (Å²) in [5.41, 5.74) is 1.69. The van der Waals surface area contributed by atoms with E-state index in [1.807, 2.05) is 0 Å². The van der Waals surface area contributed by atoms with E-state index in [9.17, 15) is 9.59 Å². The first-order chi connectivity index (χ1) is 6.72. The molecule has 1 aliphatic heterocycles. The van der Waals surface area contributed by atoms with Crippen LogP contribution in [0.4, 0.5) is 0 Å². The van der Waals surface area contributed by atoms with Crippen molar-refractivity contribution in [2.75, 3.05) is 7.11 Å². The van der Waals surface area contributed by atoms with Crippen LogP contribution in [-0.4, -0.2) is 18.1 Å². The maximum Gasteiger partial charge on any atom is 0.338 e. The molecule has 0 radical (unpaired) electrons. The van der Waals surface area contributed by atoms with E-state index in [2.05, 4.69) is 15.0 Å². The summed E-state index contributed by atoms with van der Waals surface area (Å²) in [5.74, 6) is -0.462. The molecule has 5 nitrogen and oxygen atoms in total. The van der Waals surface area contributed by atoms with Crippen molar-refractivity contribution in [3.8, 4) is 0 Å². The van der Waals surface area contributed by atoms with Gasteiger partial charge in [-0.1, -0.05) is 0 Å². The van der Waals surface area contributed by atoms with E-state index in [0.717, 1.165) is 11.3 Å². The van der Waals surface area contributed by atoms with Gasteiger partial charge in [0.25, 0.3) is 0 Å². The Balaban J connectivity index is 2.59. The fraction of sp³-hybridized carbons (Fsp3) is 0.333. The molecule has 14 heavy (non-hydrogen) atoms. The first kappa shape index (κ1) is 8.96. The van der Waals surface area contributed by atoms with Crippen molar-refractivity contribution in [1.82, 2.24) is 10.3 Å². The molecule has 0 bridgehead atoms. The molecule has 5 heteroatoms. The van der Waals surface area contributed by atoms with Gasteiger partial charge >= 0.3 is 5.97 Å². The molecule has 74 valence electrons. The Bertz CT molecular complexity index is 436. The van der Waals surface area contributed by atoms with Crippen LogP contribution < -0.4 is 10.9 Å². The van der Waals surface area contributed by atoms with Crippen molar-refractivity contribution in [2.24, 2.45) is 0 Å². The van der Waals surface area contributed by atoms with Crippen molar-refractivity contribution in [1.29, 1.82) is 0 Å². The van der Waals surface area contributed by atoms with E-state index in [1.165, 1.54) is 13.2 Å². The maximum absolute atomic E-state index is 11.3. The minimum atomic E-state index is -0.462. The molecule has 0 spiro atoms. The van der Waals surface area contributed by atoms with Gasteiger partial charge in [0, 0.05) is 30.4 Å².